The van der Waals surface area contributed by atoms with E-state index >= 15 is 0 Å². The van der Waals surface area contributed by atoms with Crippen LogP contribution < -0.4 is 52.6 Å². The third-order valence-electron chi connectivity index (χ3n) is 14.9. The van der Waals surface area contributed by atoms with Crippen molar-refractivity contribution < 1.29 is 57.4 Å². The maximum Gasteiger partial charge on any atom is 0.415 e. The van der Waals surface area contributed by atoms with Crippen LogP contribution in [0.2, 0.25) is 0 Å². The third kappa shape index (κ3) is 16.6. The number of hydrogen-bond donors (Lipinski definition) is 9. The van der Waals surface area contributed by atoms with Gasteiger partial charge in [-0.25, -0.2) is 9.59 Å². The van der Waals surface area contributed by atoms with Crippen molar-refractivity contribution in [2.75, 3.05) is 107 Å². The lowest BCUT2D eigenvalue weighted by atomic mass is 9.95. The van der Waals surface area contributed by atoms with Crippen molar-refractivity contribution in [3.05, 3.63) is 108 Å². The quantitative estimate of drug-likeness (QED) is 0.0205. The van der Waals surface area contributed by atoms with E-state index in [4.69, 9.17) is 15.2 Å². The number of fused-ring (bicyclic) bond motifs is 4. The number of anilines is 3. The minimum absolute atomic E-state index is 0.0295. The highest BCUT2D eigenvalue weighted by molar-refractivity contribution is 9.09. The molecule has 25 nitrogen and oxygen atoms in total. The van der Waals surface area contributed by atoms with E-state index in [1.54, 1.807) is 52.3 Å². The maximum absolute atomic E-state index is 14.5. The average molecular weight is 1250 g/mol. The Hall–Kier alpha value is -8.72. The molecule has 11 amide bonds. The Labute approximate surface area is 504 Å². The monoisotopic (exact) mass is 1250 g/mol. The number of rotatable bonds is 27. The zero-order valence-electron chi connectivity index (χ0n) is 48.1. The number of alkyl halides is 1. The predicted octanol–water partition coefficient (Wildman–Crippen LogP) is 3.90. The zero-order valence-corrected chi connectivity index (χ0v) is 49.7. The molecule has 4 heterocycles. The highest BCUT2D eigenvalue weighted by Gasteiger charge is 2.37. The van der Waals surface area contributed by atoms with E-state index in [1.165, 1.54) is 12.1 Å². The first-order valence-corrected chi connectivity index (χ1v) is 29.6. The van der Waals surface area contributed by atoms with Crippen molar-refractivity contribution in [1.29, 1.82) is 0 Å². The number of imide groups is 1. The molecule has 1 saturated heterocycles. The molecule has 3 aliphatic rings. The number of primary amides is 1. The summed E-state index contributed by atoms with van der Waals surface area (Å²) in [5.74, 6) is -3.20. The maximum atomic E-state index is 14.5. The van der Waals surface area contributed by atoms with E-state index < -0.39 is 53.7 Å². The molecule has 456 valence electrons. The fourth-order valence-electron chi connectivity index (χ4n) is 10.3. The molecular formula is C60H72BrN13O12. The minimum atomic E-state index is -1.05. The number of aromatic amines is 1. The Kier molecular flexibility index (Phi) is 22.0. The smallest absolute Gasteiger partial charge is 0.409 e. The van der Waals surface area contributed by atoms with Crippen molar-refractivity contribution in [3.8, 4) is 5.75 Å². The number of likely N-dealkylation sites (N-methyl/N-ethyl adjacent to an activating group) is 1. The van der Waals surface area contributed by atoms with Crippen molar-refractivity contribution in [1.82, 2.24) is 46.3 Å². The molecule has 0 aliphatic carbocycles. The number of benzene rings is 4. The molecule has 0 unspecified atom stereocenters. The molecule has 1 aromatic heterocycles. The second-order valence-electron chi connectivity index (χ2n) is 21.4. The SMILES string of the molecule is CC(C)[C@H](NCCNC(=O)CCOCCNC(=O)CCN1C(=O)C=CC1=O)C(=O)N[C@@H](CCCNC(N)=O)C(=O)Nc1ccc(C(=O)Nc2ccc3[nH]c(C(=O)N4C[C@@H](CBr)c5c4cc(OC(=O)N4CCN(C)CC4)c4ccccc54)cc3c2)cc1. The summed E-state index contributed by atoms with van der Waals surface area (Å²) in [4.78, 5) is 138. The summed E-state index contributed by atoms with van der Waals surface area (Å²) in [7, 11) is 2.01. The van der Waals surface area contributed by atoms with Crippen LogP contribution in [0.1, 0.15) is 71.9 Å². The van der Waals surface area contributed by atoms with Crippen molar-refractivity contribution >= 4 is 114 Å². The van der Waals surface area contributed by atoms with Crippen molar-refractivity contribution in [3.63, 3.8) is 0 Å². The van der Waals surface area contributed by atoms with Gasteiger partial charge in [0.1, 0.15) is 17.5 Å². The van der Waals surface area contributed by atoms with Gasteiger partial charge in [-0.1, -0.05) is 54.0 Å². The molecule has 86 heavy (non-hydrogen) atoms. The molecule has 0 radical (unpaired) electrons. The van der Waals surface area contributed by atoms with Gasteiger partial charge in [0.25, 0.3) is 23.6 Å². The Morgan fingerprint density at radius 2 is 1.45 bits per heavy atom. The number of nitrogens with two attached hydrogens (primary N) is 1. The van der Waals surface area contributed by atoms with Crippen molar-refractivity contribution in [2.24, 2.45) is 11.7 Å². The first kappa shape index (κ1) is 63.3. The Balaban J connectivity index is 0.816. The van der Waals surface area contributed by atoms with Crippen LogP contribution in [0.3, 0.4) is 0 Å². The first-order chi connectivity index (χ1) is 41.4. The van der Waals surface area contributed by atoms with E-state index in [1.807, 2.05) is 45.2 Å². The number of amides is 11. The normalized spacial score (nSPS) is 15.6. The molecule has 5 aromatic rings. The molecule has 0 spiro atoms. The van der Waals surface area contributed by atoms with Gasteiger partial charge in [-0.2, -0.15) is 0 Å². The van der Waals surface area contributed by atoms with E-state index in [9.17, 15) is 47.9 Å². The number of carbonyl (C=O) groups excluding carboxylic acids is 10. The topological polar surface area (TPSA) is 328 Å². The molecule has 0 bridgehead atoms. The summed E-state index contributed by atoms with van der Waals surface area (Å²) >= 11 is 3.68. The number of urea groups is 1. The lowest BCUT2D eigenvalue weighted by Gasteiger charge is -2.31. The standard InChI is InChI=1S/C60H72BrN13O12/c1-36(2)54(65-22-21-63-50(76)19-29-85-30-23-64-49(75)18-24-73-51(77)16-17-52(73)78)57(81)70-45(9-6-20-66-59(62)83)56(80)67-40-12-10-37(11-13-40)55(79)68-41-14-15-44-38(31-41)32-46(69-44)58(82)74-35-39(34-61)53-43-8-5-4-7-42(43)48(33-47(53)74)86-60(84)72-27-25-71(3)26-28-72/h4-5,7-8,10-17,31-33,36,39,45,54,65,69H,6,9,18-30,34-35H2,1-3H3,(H,63,76)(H,64,75)(H,67,80)(H,68,79)(H,70,81)(H3,62,66,83)/t39-,45+,54+/m1/s1. The third-order valence-corrected chi connectivity index (χ3v) is 15.7. The van der Waals surface area contributed by atoms with E-state index in [2.05, 4.69) is 63.0 Å². The van der Waals surface area contributed by atoms with Crippen LogP contribution in [0, 0.1) is 5.92 Å². The second kappa shape index (κ2) is 29.9. The van der Waals surface area contributed by atoms with Gasteiger partial charge in [-0.15, -0.1) is 0 Å². The van der Waals surface area contributed by atoms with Gasteiger partial charge in [-0.3, -0.25) is 43.3 Å². The summed E-state index contributed by atoms with van der Waals surface area (Å²) in [6.45, 7) is 7.54. The van der Waals surface area contributed by atoms with Gasteiger partial charge in [0.05, 0.1) is 24.9 Å². The largest absolute Gasteiger partial charge is 0.415 e. The number of piperazine rings is 1. The minimum Gasteiger partial charge on any atom is -0.409 e. The highest BCUT2D eigenvalue weighted by Crippen LogP contribution is 2.46. The van der Waals surface area contributed by atoms with Crippen LogP contribution in [0.25, 0.3) is 21.7 Å². The number of nitrogens with one attached hydrogen (secondary N) is 8. The molecule has 26 heteroatoms. The molecule has 3 atom stereocenters. The first-order valence-electron chi connectivity index (χ1n) is 28.5. The van der Waals surface area contributed by atoms with Crippen LogP contribution in [0.4, 0.5) is 26.7 Å². The molecule has 8 rings (SSSR count). The van der Waals surface area contributed by atoms with Crippen molar-refractivity contribution in [2.45, 2.75) is 57.5 Å². The number of halogens is 1. The Morgan fingerprint density at radius 3 is 2.16 bits per heavy atom. The lowest BCUT2D eigenvalue weighted by Crippen LogP contribution is -2.54. The van der Waals surface area contributed by atoms with Gasteiger partial charge in [0, 0.05) is 141 Å². The molecule has 1 fully saturated rings. The number of hydrogen-bond acceptors (Lipinski definition) is 14. The molecule has 0 saturated carbocycles. The Bertz CT molecular complexity index is 3360. The lowest BCUT2D eigenvalue weighted by molar-refractivity contribution is -0.137. The summed E-state index contributed by atoms with van der Waals surface area (Å²) in [5.41, 5.74) is 8.99. The summed E-state index contributed by atoms with van der Waals surface area (Å²) in [6.07, 6.45) is 2.28. The number of aromatic nitrogens is 1. The van der Waals surface area contributed by atoms with E-state index in [0.717, 1.165) is 46.5 Å². The highest BCUT2D eigenvalue weighted by atomic mass is 79.9. The average Bonchev–Trinajstić information content (AvgIpc) is 1.92. The summed E-state index contributed by atoms with van der Waals surface area (Å²) < 4.78 is 11.5. The molecular weight excluding hydrogens is 1170 g/mol. The number of nitrogens with zero attached hydrogens (tertiary/aromatic N) is 4. The van der Waals surface area contributed by atoms with Crippen LogP contribution in [0.15, 0.2) is 91.0 Å². The van der Waals surface area contributed by atoms with Gasteiger partial charge in [-0.05, 0) is 85.3 Å². The Morgan fingerprint density at radius 1 is 0.756 bits per heavy atom. The van der Waals surface area contributed by atoms with Gasteiger partial charge in [0.2, 0.25) is 23.6 Å². The predicted molar refractivity (Wildman–Crippen MR) is 326 cm³/mol. The fraction of sp³-hybridized carbons (Fsp3) is 0.400. The van der Waals surface area contributed by atoms with E-state index in [-0.39, 0.29) is 100 Å². The fourth-order valence-corrected chi connectivity index (χ4v) is 10.8. The van der Waals surface area contributed by atoms with Crippen LogP contribution in [-0.4, -0.2) is 182 Å². The van der Waals surface area contributed by atoms with Gasteiger partial charge >= 0.3 is 12.1 Å². The molecule has 3 aliphatic heterocycles. The molecule has 4 aromatic carbocycles. The summed E-state index contributed by atoms with van der Waals surface area (Å²) in [6, 6.07) is 20.2. The molecule has 10 N–H and O–H groups in total. The number of H-pyrrole nitrogens is 1. The van der Waals surface area contributed by atoms with Crippen LogP contribution >= 0.6 is 15.9 Å². The summed E-state index contributed by atoms with van der Waals surface area (Å²) in [5, 5.41) is 22.5. The second-order valence-corrected chi connectivity index (χ2v) is 22.1. The van der Waals surface area contributed by atoms with Gasteiger partial charge in [0.15, 0.2) is 0 Å². The van der Waals surface area contributed by atoms with Crippen LogP contribution in [0.5, 0.6) is 5.75 Å². The van der Waals surface area contributed by atoms with E-state index in [0.29, 0.717) is 70.8 Å². The number of ether oxygens (including phenoxy) is 2. The zero-order chi connectivity index (χ0) is 61.4. The van der Waals surface area contributed by atoms with Crippen LogP contribution in [-0.2, 0) is 33.5 Å². The number of carbonyl (C=O) groups is 10. The van der Waals surface area contributed by atoms with Gasteiger partial charge < -0.3 is 72.1 Å².